The molecule has 0 spiro atoms. The first-order valence-corrected chi connectivity index (χ1v) is 10.6. The molecule has 5 heteroatoms. The van der Waals surface area contributed by atoms with Crippen LogP contribution in [-0.4, -0.2) is 37.6 Å². The molecule has 2 fully saturated rings. The zero-order valence-corrected chi connectivity index (χ0v) is 16.7. The van der Waals surface area contributed by atoms with E-state index in [1.165, 1.54) is 30.5 Å². The van der Waals surface area contributed by atoms with Crippen LogP contribution in [0.3, 0.4) is 0 Å². The number of likely N-dealkylation sites (tertiary alicyclic amines) is 1. The fraction of sp³-hybridized carbons (Fsp3) is 0.500. The predicted molar refractivity (Wildman–Crippen MR) is 110 cm³/mol. The van der Waals surface area contributed by atoms with Crippen molar-refractivity contribution in [2.75, 3.05) is 32.7 Å². The lowest BCUT2D eigenvalue weighted by Gasteiger charge is -2.34. The lowest BCUT2D eigenvalue weighted by Crippen LogP contribution is -2.39. The van der Waals surface area contributed by atoms with Crippen LogP contribution in [0.5, 0.6) is 0 Å². The Kier molecular flexibility index (Phi) is 6.26. The van der Waals surface area contributed by atoms with Crippen LogP contribution >= 0.6 is 0 Å². The van der Waals surface area contributed by atoms with Gasteiger partial charge in [-0.3, -0.25) is 0 Å². The number of nitrogens with one attached hydrogen (secondary N) is 1. The first-order chi connectivity index (χ1) is 14.0. The van der Waals surface area contributed by atoms with Gasteiger partial charge in [-0.15, -0.1) is 0 Å². The zero-order chi connectivity index (χ0) is 20.3. The summed E-state index contributed by atoms with van der Waals surface area (Å²) in [5.41, 5.74) is 1.69. The third-order valence-electron chi connectivity index (χ3n) is 6.55. The van der Waals surface area contributed by atoms with Crippen LogP contribution in [0.25, 0.3) is 0 Å². The summed E-state index contributed by atoms with van der Waals surface area (Å²) in [5, 5.41) is 3.40. The standard InChI is InChI=1S/C24H29F3N2/c25-24(26,27)22-8-4-7-20(14-22)23-16-28-15-21(23)17-29-11-9-19(10-12-29)13-18-5-2-1-3-6-18/h1-8,14,19,21,23,28H,9-13,15-17H2. The van der Waals surface area contributed by atoms with Gasteiger partial charge in [-0.2, -0.15) is 13.2 Å². The lowest BCUT2D eigenvalue weighted by atomic mass is 9.86. The molecule has 0 aromatic heterocycles. The van der Waals surface area contributed by atoms with Crippen molar-refractivity contribution in [3.63, 3.8) is 0 Å². The number of hydrogen-bond acceptors (Lipinski definition) is 2. The molecule has 0 bridgehead atoms. The topological polar surface area (TPSA) is 15.3 Å². The molecule has 2 heterocycles. The van der Waals surface area contributed by atoms with Crippen LogP contribution < -0.4 is 5.32 Å². The van der Waals surface area contributed by atoms with Crippen molar-refractivity contribution in [1.82, 2.24) is 10.2 Å². The van der Waals surface area contributed by atoms with Crippen LogP contribution in [0, 0.1) is 11.8 Å². The number of halogens is 3. The summed E-state index contributed by atoms with van der Waals surface area (Å²) in [7, 11) is 0. The van der Waals surface area contributed by atoms with Crippen LogP contribution in [0.4, 0.5) is 13.2 Å². The highest BCUT2D eigenvalue weighted by Crippen LogP contribution is 2.35. The molecule has 0 aliphatic carbocycles. The molecule has 2 aromatic rings. The molecule has 2 aliphatic heterocycles. The van der Waals surface area contributed by atoms with Gasteiger partial charge in [-0.1, -0.05) is 48.5 Å². The third kappa shape index (κ3) is 5.20. The molecule has 0 saturated carbocycles. The summed E-state index contributed by atoms with van der Waals surface area (Å²) in [6.45, 7) is 4.78. The highest BCUT2D eigenvalue weighted by molar-refractivity contribution is 5.30. The predicted octanol–water partition coefficient (Wildman–Crippen LogP) is 4.96. The highest BCUT2D eigenvalue weighted by Gasteiger charge is 2.34. The van der Waals surface area contributed by atoms with E-state index in [1.54, 1.807) is 6.07 Å². The van der Waals surface area contributed by atoms with E-state index in [1.807, 2.05) is 6.07 Å². The summed E-state index contributed by atoms with van der Waals surface area (Å²) in [6.07, 6.45) is -0.739. The number of rotatable bonds is 5. The second kappa shape index (κ2) is 8.88. The van der Waals surface area contributed by atoms with Crippen LogP contribution in [0.15, 0.2) is 54.6 Å². The van der Waals surface area contributed by atoms with Crippen molar-refractivity contribution < 1.29 is 13.2 Å². The first kappa shape index (κ1) is 20.4. The minimum absolute atomic E-state index is 0.152. The van der Waals surface area contributed by atoms with E-state index >= 15 is 0 Å². The van der Waals surface area contributed by atoms with Gasteiger partial charge in [0.05, 0.1) is 5.56 Å². The Balaban J connectivity index is 1.33. The Bertz CT molecular complexity index is 782. The summed E-state index contributed by atoms with van der Waals surface area (Å²) in [4.78, 5) is 2.51. The van der Waals surface area contributed by atoms with Crippen molar-refractivity contribution in [2.24, 2.45) is 11.8 Å². The molecule has 29 heavy (non-hydrogen) atoms. The average molecular weight is 403 g/mol. The molecule has 0 radical (unpaired) electrons. The lowest BCUT2D eigenvalue weighted by molar-refractivity contribution is -0.137. The van der Waals surface area contributed by atoms with Crippen molar-refractivity contribution in [3.8, 4) is 0 Å². The van der Waals surface area contributed by atoms with Gasteiger partial charge in [0.15, 0.2) is 0 Å². The first-order valence-electron chi connectivity index (χ1n) is 10.6. The van der Waals surface area contributed by atoms with Gasteiger partial charge < -0.3 is 10.2 Å². The van der Waals surface area contributed by atoms with Crippen molar-refractivity contribution in [3.05, 3.63) is 71.3 Å². The monoisotopic (exact) mass is 402 g/mol. The third-order valence-corrected chi connectivity index (χ3v) is 6.55. The second-order valence-corrected chi connectivity index (χ2v) is 8.58. The van der Waals surface area contributed by atoms with Gasteiger partial charge in [0.25, 0.3) is 0 Å². The Morgan fingerprint density at radius 3 is 2.41 bits per heavy atom. The smallest absolute Gasteiger partial charge is 0.316 e. The van der Waals surface area contributed by atoms with Crippen LogP contribution in [0.1, 0.15) is 35.4 Å². The van der Waals surface area contributed by atoms with Gasteiger partial charge in [0, 0.05) is 19.0 Å². The number of nitrogens with zero attached hydrogens (tertiary/aromatic N) is 1. The van der Waals surface area contributed by atoms with E-state index in [4.69, 9.17) is 0 Å². The second-order valence-electron chi connectivity index (χ2n) is 8.58. The Labute approximate surface area is 171 Å². The fourth-order valence-electron chi connectivity index (χ4n) is 4.91. The fourth-order valence-corrected chi connectivity index (χ4v) is 4.91. The Morgan fingerprint density at radius 2 is 1.69 bits per heavy atom. The SMILES string of the molecule is FC(F)(F)c1cccc(C2CNCC2CN2CCC(Cc3ccccc3)CC2)c1. The molecule has 2 atom stereocenters. The average Bonchev–Trinajstić information content (AvgIpc) is 3.18. The van der Waals surface area contributed by atoms with Gasteiger partial charge in [0.1, 0.15) is 0 Å². The maximum Gasteiger partial charge on any atom is 0.416 e. The quantitative estimate of drug-likeness (QED) is 0.760. The van der Waals surface area contributed by atoms with E-state index in [2.05, 4.69) is 40.5 Å². The summed E-state index contributed by atoms with van der Waals surface area (Å²) in [6, 6.07) is 16.6. The summed E-state index contributed by atoms with van der Waals surface area (Å²) < 4.78 is 39.3. The maximum absolute atomic E-state index is 13.1. The highest BCUT2D eigenvalue weighted by atomic mass is 19.4. The molecule has 4 rings (SSSR count). The number of hydrogen-bond donors (Lipinski definition) is 1. The van der Waals surface area contributed by atoms with E-state index in [0.717, 1.165) is 50.6 Å². The molecular formula is C24H29F3N2. The molecule has 2 aromatic carbocycles. The molecular weight excluding hydrogens is 373 g/mol. The van der Waals surface area contributed by atoms with Crippen molar-refractivity contribution >= 4 is 0 Å². The van der Waals surface area contributed by atoms with Crippen molar-refractivity contribution in [2.45, 2.75) is 31.4 Å². The molecule has 2 saturated heterocycles. The van der Waals surface area contributed by atoms with Gasteiger partial charge in [-0.05, 0) is 67.9 Å². The summed E-state index contributed by atoms with van der Waals surface area (Å²) in [5.74, 6) is 1.25. The largest absolute Gasteiger partial charge is 0.416 e. The van der Waals surface area contributed by atoms with Crippen LogP contribution in [-0.2, 0) is 12.6 Å². The Morgan fingerprint density at radius 1 is 0.931 bits per heavy atom. The number of benzene rings is 2. The minimum atomic E-state index is -4.28. The van der Waals surface area contributed by atoms with Crippen molar-refractivity contribution in [1.29, 1.82) is 0 Å². The minimum Gasteiger partial charge on any atom is -0.316 e. The molecule has 1 N–H and O–H groups in total. The Hall–Kier alpha value is -1.85. The zero-order valence-electron chi connectivity index (χ0n) is 16.7. The summed E-state index contributed by atoms with van der Waals surface area (Å²) >= 11 is 0. The maximum atomic E-state index is 13.1. The number of alkyl halides is 3. The van der Waals surface area contributed by atoms with Crippen LogP contribution in [0.2, 0.25) is 0 Å². The van der Waals surface area contributed by atoms with Gasteiger partial charge >= 0.3 is 6.18 Å². The van der Waals surface area contributed by atoms with E-state index in [9.17, 15) is 13.2 Å². The normalized spacial score (nSPS) is 24.1. The van der Waals surface area contributed by atoms with Gasteiger partial charge in [0.2, 0.25) is 0 Å². The van der Waals surface area contributed by atoms with E-state index in [-0.39, 0.29) is 5.92 Å². The van der Waals surface area contributed by atoms with E-state index < -0.39 is 11.7 Å². The molecule has 2 aliphatic rings. The molecule has 2 nitrogen and oxygen atoms in total. The molecule has 2 unspecified atom stereocenters. The molecule has 0 amide bonds. The molecule has 156 valence electrons. The van der Waals surface area contributed by atoms with E-state index in [0.29, 0.717) is 5.92 Å². The van der Waals surface area contributed by atoms with Gasteiger partial charge in [-0.25, -0.2) is 0 Å². The number of piperidine rings is 1.